The van der Waals surface area contributed by atoms with E-state index >= 15 is 0 Å². The molecule has 0 fully saturated rings. The number of benzene rings is 2. The average Bonchev–Trinajstić information content (AvgIpc) is 2.60. The summed E-state index contributed by atoms with van der Waals surface area (Å²) in [7, 11) is -2.94. The van der Waals surface area contributed by atoms with Crippen LogP contribution in [-0.2, 0) is 10.7 Å². The van der Waals surface area contributed by atoms with Crippen molar-refractivity contribution < 1.29 is 37.0 Å². The third-order valence-corrected chi connectivity index (χ3v) is 5.04. The molecule has 2 aromatic carbocycles. The van der Waals surface area contributed by atoms with Gasteiger partial charge in [-0.25, -0.2) is 0 Å². The predicted octanol–water partition coefficient (Wildman–Crippen LogP) is 5.94. The minimum atomic E-state index is -4.76. The van der Waals surface area contributed by atoms with Crippen LogP contribution in [-0.4, -0.2) is 23.2 Å². The molecule has 0 heterocycles. The molecular formula is C18H20BrF3NO5P. The summed E-state index contributed by atoms with van der Waals surface area (Å²) in [6.45, 7) is 3.83. The Labute approximate surface area is 174 Å². The highest BCUT2D eigenvalue weighted by Gasteiger charge is 2.36. The summed E-state index contributed by atoms with van der Waals surface area (Å²) in [6, 6.07) is 6.71. The molecular weight excluding hydrogens is 478 g/mol. The van der Waals surface area contributed by atoms with Gasteiger partial charge in [0.1, 0.15) is 23.3 Å². The molecule has 0 aliphatic heterocycles. The first-order valence-electron chi connectivity index (χ1n) is 8.37. The highest BCUT2D eigenvalue weighted by Crippen LogP contribution is 2.45. The summed E-state index contributed by atoms with van der Waals surface area (Å²) in [5, 5.41) is 2.30. The molecule has 2 rings (SSSR count). The molecule has 0 amide bonds. The molecule has 0 atom stereocenters. The van der Waals surface area contributed by atoms with Crippen molar-refractivity contribution in [3.63, 3.8) is 0 Å². The molecule has 0 aliphatic carbocycles. The fraction of sp³-hybridized carbons (Fsp3) is 0.333. The molecule has 0 aromatic heterocycles. The molecule has 0 aliphatic rings. The van der Waals surface area contributed by atoms with E-state index in [2.05, 4.69) is 21.2 Å². The smallest absolute Gasteiger partial charge is 0.420 e. The Balaban J connectivity index is 2.47. The quantitative estimate of drug-likeness (QED) is 0.410. The van der Waals surface area contributed by atoms with Crippen molar-refractivity contribution in [2.45, 2.75) is 25.9 Å². The van der Waals surface area contributed by atoms with Crippen LogP contribution in [0.15, 0.2) is 34.8 Å². The molecule has 0 saturated heterocycles. The van der Waals surface area contributed by atoms with Gasteiger partial charge in [-0.1, -0.05) is 13.8 Å². The first-order chi connectivity index (χ1) is 13.3. The number of rotatable bonds is 7. The van der Waals surface area contributed by atoms with Gasteiger partial charge in [-0.2, -0.15) is 13.2 Å². The van der Waals surface area contributed by atoms with Gasteiger partial charge in [0.05, 0.1) is 11.6 Å². The van der Waals surface area contributed by atoms with Crippen LogP contribution < -0.4 is 14.8 Å². The summed E-state index contributed by atoms with van der Waals surface area (Å²) in [5.74, 6) is 0.383. The predicted molar refractivity (Wildman–Crippen MR) is 107 cm³/mol. The van der Waals surface area contributed by atoms with E-state index in [1.165, 1.54) is 19.2 Å². The molecule has 2 aromatic rings. The molecule has 11 heteroatoms. The second kappa shape index (κ2) is 8.95. The summed E-state index contributed by atoms with van der Waals surface area (Å²) < 4.78 is 62.6. The Morgan fingerprint density at radius 2 is 1.86 bits per heavy atom. The summed E-state index contributed by atoms with van der Waals surface area (Å²) >= 11 is 3.06. The number of halogens is 4. The third-order valence-electron chi connectivity index (χ3n) is 3.88. The monoisotopic (exact) mass is 497 g/mol. The number of methoxy groups -OCH3 is 1. The van der Waals surface area contributed by atoms with Crippen molar-refractivity contribution in [2.75, 3.05) is 18.7 Å². The van der Waals surface area contributed by atoms with Gasteiger partial charge >= 0.3 is 13.8 Å². The van der Waals surface area contributed by atoms with Crippen LogP contribution in [0.1, 0.15) is 30.9 Å². The zero-order valence-corrected chi connectivity index (χ0v) is 18.2. The molecule has 0 unspecified atom stereocenters. The van der Waals surface area contributed by atoms with E-state index in [1.807, 2.05) is 13.8 Å². The van der Waals surface area contributed by atoms with Crippen LogP contribution in [0.2, 0.25) is 0 Å². The van der Waals surface area contributed by atoms with Gasteiger partial charge in [-0.3, -0.25) is 4.57 Å². The topological polar surface area (TPSA) is 88.0 Å². The standard InChI is InChI=1S/C18H20BrF3NO5P/c1-10(2)13-8-12(4-5-16(13)27-3)28-17-14(18(20,21)22)6-11(7-15(17)19)23-9-29(24,25)26/h4-8,10,23H,9H2,1-3H3,(H2,24,25,26). The Morgan fingerprint density at radius 1 is 1.21 bits per heavy atom. The van der Waals surface area contributed by atoms with E-state index in [4.69, 9.17) is 19.3 Å². The van der Waals surface area contributed by atoms with E-state index < -0.39 is 31.4 Å². The minimum Gasteiger partial charge on any atom is -0.496 e. The maximum absolute atomic E-state index is 13.6. The average molecular weight is 498 g/mol. The van der Waals surface area contributed by atoms with Gasteiger partial charge in [0, 0.05) is 11.3 Å². The number of hydrogen-bond donors (Lipinski definition) is 3. The lowest BCUT2D eigenvalue weighted by molar-refractivity contribution is -0.138. The Hall–Kier alpha value is -1.74. The molecule has 29 heavy (non-hydrogen) atoms. The largest absolute Gasteiger partial charge is 0.496 e. The number of nitrogens with one attached hydrogen (secondary N) is 1. The first-order valence-corrected chi connectivity index (χ1v) is 11.0. The van der Waals surface area contributed by atoms with Crippen molar-refractivity contribution in [3.05, 3.63) is 45.9 Å². The van der Waals surface area contributed by atoms with E-state index in [-0.39, 0.29) is 21.8 Å². The van der Waals surface area contributed by atoms with Crippen molar-refractivity contribution in [1.82, 2.24) is 0 Å². The van der Waals surface area contributed by atoms with Gasteiger partial charge in [-0.15, -0.1) is 0 Å². The maximum atomic E-state index is 13.6. The van der Waals surface area contributed by atoms with Crippen LogP contribution in [0.5, 0.6) is 17.2 Å². The van der Waals surface area contributed by atoms with Gasteiger partial charge in [-0.05, 0) is 52.2 Å². The molecule has 6 nitrogen and oxygen atoms in total. The molecule has 0 spiro atoms. The lowest BCUT2D eigenvalue weighted by atomic mass is 10.0. The zero-order chi connectivity index (χ0) is 22.0. The molecule has 0 bridgehead atoms. The number of alkyl halides is 3. The summed E-state index contributed by atoms with van der Waals surface area (Å²) in [6.07, 6.45) is -5.56. The molecule has 160 valence electrons. The summed E-state index contributed by atoms with van der Waals surface area (Å²) in [4.78, 5) is 17.8. The second-order valence-corrected chi connectivity index (χ2v) is 8.99. The minimum absolute atomic E-state index is 0.0255. The van der Waals surface area contributed by atoms with Crippen LogP contribution in [0.3, 0.4) is 0 Å². The van der Waals surface area contributed by atoms with Crippen molar-refractivity contribution >= 4 is 29.2 Å². The number of hydrogen-bond acceptors (Lipinski definition) is 4. The van der Waals surface area contributed by atoms with Crippen LogP contribution in [0.25, 0.3) is 0 Å². The van der Waals surface area contributed by atoms with Gasteiger partial charge in [0.2, 0.25) is 0 Å². The normalized spacial score (nSPS) is 12.2. The van der Waals surface area contributed by atoms with Crippen molar-refractivity contribution in [3.8, 4) is 17.2 Å². The zero-order valence-electron chi connectivity index (χ0n) is 15.7. The summed E-state index contributed by atoms with van der Waals surface area (Å²) in [5.41, 5.74) is -0.436. The Kier molecular flexibility index (Phi) is 7.27. The Bertz CT molecular complexity index is 930. The highest BCUT2D eigenvalue weighted by atomic mass is 79.9. The number of ether oxygens (including phenoxy) is 2. The highest BCUT2D eigenvalue weighted by molar-refractivity contribution is 9.10. The molecule has 3 N–H and O–H groups in total. The lowest BCUT2D eigenvalue weighted by Crippen LogP contribution is -2.10. The number of anilines is 1. The fourth-order valence-corrected chi connectivity index (χ4v) is 3.48. The van der Waals surface area contributed by atoms with Crippen LogP contribution >= 0.6 is 23.5 Å². The SMILES string of the molecule is COc1ccc(Oc2c(Br)cc(NCP(=O)(O)O)cc2C(F)(F)F)cc1C(C)C. The first kappa shape index (κ1) is 23.5. The Morgan fingerprint density at radius 3 is 2.38 bits per heavy atom. The van der Waals surface area contributed by atoms with Crippen molar-refractivity contribution in [1.29, 1.82) is 0 Å². The van der Waals surface area contributed by atoms with E-state index in [9.17, 15) is 17.7 Å². The van der Waals surface area contributed by atoms with E-state index in [0.717, 1.165) is 11.6 Å². The molecule has 0 radical (unpaired) electrons. The fourth-order valence-electron chi connectivity index (χ4n) is 2.55. The van der Waals surface area contributed by atoms with Gasteiger partial charge in [0.15, 0.2) is 5.75 Å². The van der Waals surface area contributed by atoms with Gasteiger partial charge in [0.25, 0.3) is 0 Å². The van der Waals surface area contributed by atoms with E-state index in [1.54, 1.807) is 12.1 Å². The second-order valence-electron chi connectivity index (χ2n) is 6.49. The lowest BCUT2D eigenvalue weighted by Gasteiger charge is -2.19. The van der Waals surface area contributed by atoms with Gasteiger partial charge < -0.3 is 24.6 Å². The maximum Gasteiger partial charge on any atom is 0.420 e. The third kappa shape index (κ3) is 6.37. The van der Waals surface area contributed by atoms with Crippen LogP contribution in [0, 0.1) is 0 Å². The molecule has 0 saturated carbocycles. The van der Waals surface area contributed by atoms with Crippen LogP contribution in [0.4, 0.5) is 18.9 Å². The van der Waals surface area contributed by atoms with Crippen molar-refractivity contribution in [2.24, 2.45) is 0 Å². The van der Waals surface area contributed by atoms with E-state index in [0.29, 0.717) is 5.75 Å².